The van der Waals surface area contributed by atoms with Crippen molar-refractivity contribution in [2.75, 3.05) is 6.61 Å². The van der Waals surface area contributed by atoms with Crippen LogP contribution in [0.2, 0.25) is 0 Å². The van der Waals surface area contributed by atoms with Crippen molar-refractivity contribution < 1.29 is 9.15 Å². The van der Waals surface area contributed by atoms with E-state index in [9.17, 15) is 0 Å². The van der Waals surface area contributed by atoms with Gasteiger partial charge < -0.3 is 9.15 Å². The molecule has 0 bridgehead atoms. The van der Waals surface area contributed by atoms with Crippen molar-refractivity contribution in [1.82, 2.24) is 0 Å². The number of hydrogen-bond donors (Lipinski definition) is 0. The average molecular weight is 252 g/mol. The van der Waals surface area contributed by atoms with E-state index in [1.807, 2.05) is 37.3 Å². The van der Waals surface area contributed by atoms with Gasteiger partial charge in [-0.05, 0) is 56.3 Å². The molecule has 0 saturated heterocycles. The van der Waals surface area contributed by atoms with Crippen LogP contribution in [0.5, 0.6) is 5.75 Å². The smallest absolute Gasteiger partial charge is 0.135 e. The molecule has 0 aliphatic heterocycles. The highest BCUT2D eigenvalue weighted by Crippen LogP contribution is 2.29. The van der Waals surface area contributed by atoms with Gasteiger partial charge in [0.2, 0.25) is 0 Å². The van der Waals surface area contributed by atoms with Crippen molar-refractivity contribution in [3.63, 3.8) is 0 Å². The van der Waals surface area contributed by atoms with E-state index in [4.69, 9.17) is 9.15 Å². The fraction of sp³-hybridized carbons (Fsp3) is 0.176. The first-order valence-corrected chi connectivity index (χ1v) is 6.49. The maximum absolute atomic E-state index is 5.87. The van der Waals surface area contributed by atoms with Crippen LogP contribution in [0.15, 0.2) is 52.9 Å². The van der Waals surface area contributed by atoms with Gasteiger partial charge in [0, 0.05) is 10.9 Å². The lowest BCUT2D eigenvalue weighted by Gasteiger charge is -2.02. The molecule has 2 nitrogen and oxygen atoms in total. The Balaban J connectivity index is 1.99. The Hall–Kier alpha value is -2.22. The summed E-state index contributed by atoms with van der Waals surface area (Å²) in [6.45, 7) is 4.75. The second-order valence-electron chi connectivity index (χ2n) is 4.61. The predicted molar refractivity (Wildman–Crippen MR) is 77.6 cm³/mol. The second-order valence-corrected chi connectivity index (χ2v) is 4.61. The molecule has 0 radical (unpaired) electrons. The molecular formula is C17H16O2. The third kappa shape index (κ3) is 2.34. The van der Waals surface area contributed by atoms with E-state index in [1.54, 1.807) is 0 Å². The summed E-state index contributed by atoms with van der Waals surface area (Å²) < 4.78 is 11.3. The van der Waals surface area contributed by atoms with Gasteiger partial charge in [-0.15, -0.1) is 0 Å². The van der Waals surface area contributed by atoms with Gasteiger partial charge in [-0.1, -0.05) is 11.6 Å². The molecule has 2 aromatic carbocycles. The van der Waals surface area contributed by atoms with Crippen molar-refractivity contribution in [1.29, 1.82) is 0 Å². The number of ether oxygens (including phenoxy) is 1. The van der Waals surface area contributed by atoms with E-state index in [-0.39, 0.29) is 0 Å². The zero-order valence-corrected chi connectivity index (χ0v) is 11.1. The molecule has 0 spiro atoms. The predicted octanol–water partition coefficient (Wildman–Crippen LogP) is 4.81. The standard InChI is InChI=1S/C17H16O2/c1-3-18-15-7-5-13(6-8-15)17-11-14-10-12(2)4-9-16(14)19-17/h4-11H,3H2,1-2H3. The largest absolute Gasteiger partial charge is 0.494 e. The van der Waals surface area contributed by atoms with Crippen LogP contribution in [0, 0.1) is 6.92 Å². The Kier molecular flexibility index (Phi) is 3.00. The molecule has 0 atom stereocenters. The van der Waals surface area contributed by atoms with Gasteiger partial charge in [0.25, 0.3) is 0 Å². The molecule has 1 aromatic heterocycles. The van der Waals surface area contributed by atoms with Crippen LogP contribution in [0.3, 0.4) is 0 Å². The average Bonchev–Trinajstić information content (AvgIpc) is 2.83. The Bertz CT molecular complexity index is 693. The molecule has 0 amide bonds. The first kappa shape index (κ1) is 11.8. The molecule has 3 rings (SSSR count). The fourth-order valence-electron chi connectivity index (χ4n) is 2.19. The monoisotopic (exact) mass is 252 g/mol. The summed E-state index contributed by atoms with van der Waals surface area (Å²) in [5.74, 6) is 1.78. The molecular weight excluding hydrogens is 236 g/mol. The van der Waals surface area contributed by atoms with Gasteiger partial charge in [0.1, 0.15) is 17.1 Å². The van der Waals surface area contributed by atoms with Crippen molar-refractivity contribution in [3.8, 4) is 17.1 Å². The van der Waals surface area contributed by atoms with Gasteiger partial charge in [0.05, 0.1) is 6.61 Å². The quantitative estimate of drug-likeness (QED) is 0.667. The van der Waals surface area contributed by atoms with E-state index in [0.29, 0.717) is 6.61 Å². The normalized spacial score (nSPS) is 10.8. The van der Waals surface area contributed by atoms with Gasteiger partial charge in [0.15, 0.2) is 0 Å². The molecule has 3 aromatic rings. The minimum Gasteiger partial charge on any atom is -0.494 e. The van der Waals surface area contributed by atoms with Gasteiger partial charge >= 0.3 is 0 Å². The molecule has 19 heavy (non-hydrogen) atoms. The van der Waals surface area contributed by atoms with Gasteiger partial charge in [-0.25, -0.2) is 0 Å². The van der Waals surface area contributed by atoms with Crippen molar-refractivity contribution >= 4 is 11.0 Å². The van der Waals surface area contributed by atoms with Crippen LogP contribution in [0.25, 0.3) is 22.3 Å². The lowest BCUT2D eigenvalue weighted by molar-refractivity contribution is 0.340. The van der Waals surface area contributed by atoms with Gasteiger partial charge in [-0.2, -0.15) is 0 Å². The second kappa shape index (κ2) is 4.81. The van der Waals surface area contributed by atoms with E-state index < -0.39 is 0 Å². The minimum atomic E-state index is 0.684. The highest BCUT2D eigenvalue weighted by atomic mass is 16.5. The number of fused-ring (bicyclic) bond motifs is 1. The Labute approximate surface area is 112 Å². The Morgan fingerprint density at radius 3 is 2.53 bits per heavy atom. The van der Waals surface area contributed by atoms with E-state index >= 15 is 0 Å². The molecule has 0 fully saturated rings. The molecule has 0 unspecified atom stereocenters. The third-order valence-corrected chi connectivity index (χ3v) is 3.12. The summed E-state index contributed by atoms with van der Waals surface area (Å²) >= 11 is 0. The first-order chi connectivity index (χ1) is 9.26. The number of benzene rings is 2. The molecule has 0 aliphatic rings. The topological polar surface area (TPSA) is 22.4 Å². The summed E-state index contributed by atoms with van der Waals surface area (Å²) in [6.07, 6.45) is 0. The maximum Gasteiger partial charge on any atom is 0.135 e. The number of aryl methyl sites for hydroxylation is 1. The highest BCUT2D eigenvalue weighted by Gasteiger charge is 2.06. The number of rotatable bonds is 3. The molecule has 96 valence electrons. The SMILES string of the molecule is CCOc1ccc(-c2cc3cc(C)ccc3o2)cc1. The van der Waals surface area contributed by atoms with Crippen LogP contribution in [-0.4, -0.2) is 6.61 Å². The van der Waals surface area contributed by atoms with Crippen LogP contribution < -0.4 is 4.74 Å². The Morgan fingerprint density at radius 2 is 1.79 bits per heavy atom. The van der Waals surface area contributed by atoms with E-state index in [2.05, 4.69) is 25.1 Å². The molecule has 1 heterocycles. The van der Waals surface area contributed by atoms with Crippen molar-refractivity contribution in [2.45, 2.75) is 13.8 Å². The minimum absolute atomic E-state index is 0.684. The lowest BCUT2D eigenvalue weighted by Crippen LogP contribution is -1.90. The van der Waals surface area contributed by atoms with Crippen molar-refractivity contribution in [2.24, 2.45) is 0 Å². The van der Waals surface area contributed by atoms with Gasteiger partial charge in [-0.3, -0.25) is 0 Å². The summed E-state index contributed by atoms with van der Waals surface area (Å²) in [4.78, 5) is 0. The van der Waals surface area contributed by atoms with E-state index in [0.717, 1.165) is 28.0 Å². The number of hydrogen-bond acceptors (Lipinski definition) is 2. The van der Waals surface area contributed by atoms with E-state index in [1.165, 1.54) is 5.56 Å². The van der Waals surface area contributed by atoms with Crippen LogP contribution in [-0.2, 0) is 0 Å². The van der Waals surface area contributed by atoms with Crippen LogP contribution in [0.4, 0.5) is 0 Å². The highest BCUT2D eigenvalue weighted by molar-refractivity contribution is 5.83. The third-order valence-electron chi connectivity index (χ3n) is 3.12. The van der Waals surface area contributed by atoms with Crippen LogP contribution in [0.1, 0.15) is 12.5 Å². The van der Waals surface area contributed by atoms with Crippen LogP contribution >= 0.6 is 0 Å². The zero-order valence-electron chi connectivity index (χ0n) is 11.1. The first-order valence-electron chi connectivity index (χ1n) is 6.49. The van der Waals surface area contributed by atoms with Crippen molar-refractivity contribution in [3.05, 3.63) is 54.1 Å². The zero-order chi connectivity index (χ0) is 13.2. The molecule has 2 heteroatoms. The molecule has 0 N–H and O–H groups in total. The summed E-state index contributed by atoms with van der Waals surface area (Å²) in [6, 6.07) is 16.3. The molecule has 0 aliphatic carbocycles. The maximum atomic E-state index is 5.87. The molecule has 0 saturated carbocycles. The summed E-state index contributed by atoms with van der Waals surface area (Å²) in [7, 11) is 0. The summed E-state index contributed by atoms with van der Waals surface area (Å²) in [5, 5.41) is 1.14. The number of furan rings is 1. The summed E-state index contributed by atoms with van der Waals surface area (Å²) in [5.41, 5.74) is 3.23. The lowest BCUT2D eigenvalue weighted by atomic mass is 10.1. The Morgan fingerprint density at radius 1 is 1.00 bits per heavy atom. The fourth-order valence-corrected chi connectivity index (χ4v) is 2.19.